The fourth-order valence-electron chi connectivity index (χ4n) is 2.50. The highest BCUT2D eigenvalue weighted by atomic mass is 32.2. The van der Waals surface area contributed by atoms with Gasteiger partial charge in [-0.05, 0) is 37.8 Å². The van der Waals surface area contributed by atoms with Crippen LogP contribution < -0.4 is 5.32 Å². The average molecular weight is 232 g/mol. The third kappa shape index (κ3) is 2.52. The second kappa shape index (κ2) is 4.39. The van der Waals surface area contributed by atoms with Crippen LogP contribution in [0.2, 0.25) is 0 Å². The summed E-state index contributed by atoms with van der Waals surface area (Å²) in [6.07, 6.45) is 1.91. The zero-order chi connectivity index (χ0) is 10.9. The van der Waals surface area contributed by atoms with Crippen LogP contribution in [0.25, 0.3) is 0 Å². The molecule has 2 heterocycles. The van der Waals surface area contributed by atoms with Crippen molar-refractivity contribution in [3.8, 4) is 0 Å². The molecule has 15 heavy (non-hydrogen) atoms. The monoisotopic (exact) mass is 232 g/mol. The first-order chi connectivity index (χ1) is 7.09. The SMILES string of the molecule is CC1CNCCC1CN1CCCS1(=O)=O. The van der Waals surface area contributed by atoms with Gasteiger partial charge in [0.15, 0.2) is 0 Å². The molecule has 0 amide bonds. The molecule has 0 aromatic rings. The molecule has 2 saturated heterocycles. The van der Waals surface area contributed by atoms with Gasteiger partial charge in [0.2, 0.25) is 10.0 Å². The highest BCUT2D eigenvalue weighted by Crippen LogP contribution is 2.23. The Morgan fingerprint density at radius 1 is 1.47 bits per heavy atom. The Bertz CT molecular complexity index is 315. The van der Waals surface area contributed by atoms with Crippen LogP contribution in [-0.4, -0.2) is 44.7 Å². The number of nitrogens with zero attached hydrogens (tertiary/aromatic N) is 1. The summed E-state index contributed by atoms with van der Waals surface area (Å²) in [5, 5.41) is 3.34. The van der Waals surface area contributed by atoms with Gasteiger partial charge in [0.1, 0.15) is 0 Å². The van der Waals surface area contributed by atoms with E-state index in [1.54, 1.807) is 4.31 Å². The zero-order valence-corrected chi connectivity index (χ0v) is 10.1. The molecule has 0 spiro atoms. The Hall–Kier alpha value is -0.130. The Morgan fingerprint density at radius 2 is 2.27 bits per heavy atom. The van der Waals surface area contributed by atoms with E-state index in [1.807, 2.05) is 0 Å². The number of rotatable bonds is 2. The molecule has 0 aliphatic carbocycles. The van der Waals surface area contributed by atoms with Gasteiger partial charge >= 0.3 is 0 Å². The van der Waals surface area contributed by atoms with E-state index >= 15 is 0 Å². The van der Waals surface area contributed by atoms with Gasteiger partial charge in [0, 0.05) is 13.1 Å². The van der Waals surface area contributed by atoms with Crippen LogP contribution in [0.15, 0.2) is 0 Å². The van der Waals surface area contributed by atoms with Crippen molar-refractivity contribution in [1.29, 1.82) is 0 Å². The van der Waals surface area contributed by atoms with Crippen molar-refractivity contribution in [2.45, 2.75) is 19.8 Å². The summed E-state index contributed by atoms with van der Waals surface area (Å²) in [6, 6.07) is 0. The number of hydrogen-bond donors (Lipinski definition) is 1. The Morgan fingerprint density at radius 3 is 2.87 bits per heavy atom. The first kappa shape index (κ1) is 11.4. The van der Waals surface area contributed by atoms with Gasteiger partial charge in [-0.2, -0.15) is 0 Å². The molecule has 2 rings (SSSR count). The van der Waals surface area contributed by atoms with Crippen LogP contribution in [0.4, 0.5) is 0 Å². The highest BCUT2D eigenvalue weighted by molar-refractivity contribution is 7.89. The van der Waals surface area contributed by atoms with E-state index in [0.29, 0.717) is 17.6 Å². The molecule has 2 fully saturated rings. The van der Waals surface area contributed by atoms with Crippen LogP contribution >= 0.6 is 0 Å². The second-order valence-corrected chi connectivity index (χ2v) is 6.85. The molecule has 0 bridgehead atoms. The molecule has 2 atom stereocenters. The van der Waals surface area contributed by atoms with Crippen molar-refractivity contribution >= 4 is 10.0 Å². The summed E-state index contributed by atoms with van der Waals surface area (Å²) in [6.45, 7) is 5.74. The molecule has 1 N–H and O–H groups in total. The predicted octanol–water partition coefficient (Wildman–Crippen LogP) is 0.267. The molecule has 5 heteroatoms. The van der Waals surface area contributed by atoms with Crippen LogP contribution in [0.1, 0.15) is 19.8 Å². The normalized spacial score (nSPS) is 36.9. The maximum Gasteiger partial charge on any atom is 0.214 e. The van der Waals surface area contributed by atoms with Gasteiger partial charge in [-0.1, -0.05) is 6.92 Å². The third-order valence-corrected chi connectivity index (χ3v) is 5.53. The Kier molecular flexibility index (Phi) is 3.33. The Balaban J connectivity index is 1.96. The predicted molar refractivity (Wildman–Crippen MR) is 60.1 cm³/mol. The van der Waals surface area contributed by atoms with E-state index in [2.05, 4.69) is 12.2 Å². The molecule has 4 nitrogen and oxygen atoms in total. The summed E-state index contributed by atoms with van der Waals surface area (Å²) in [5.74, 6) is 1.49. The molecular weight excluding hydrogens is 212 g/mol. The number of sulfonamides is 1. The lowest BCUT2D eigenvalue weighted by Gasteiger charge is -2.32. The lowest BCUT2D eigenvalue weighted by molar-refractivity contribution is 0.229. The molecule has 88 valence electrons. The van der Waals surface area contributed by atoms with E-state index in [4.69, 9.17) is 0 Å². The maximum atomic E-state index is 11.7. The summed E-state index contributed by atoms with van der Waals surface area (Å²) in [7, 11) is -2.90. The molecule has 2 aliphatic heterocycles. The van der Waals surface area contributed by atoms with Crippen molar-refractivity contribution in [2.75, 3.05) is 31.9 Å². The maximum absolute atomic E-state index is 11.7. The number of hydrogen-bond acceptors (Lipinski definition) is 3. The fourth-order valence-corrected chi connectivity index (χ4v) is 4.08. The van der Waals surface area contributed by atoms with E-state index in [-0.39, 0.29) is 0 Å². The summed E-state index contributed by atoms with van der Waals surface area (Å²) in [4.78, 5) is 0. The van der Waals surface area contributed by atoms with E-state index in [1.165, 1.54) is 0 Å². The van der Waals surface area contributed by atoms with Crippen molar-refractivity contribution in [3.63, 3.8) is 0 Å². The second-order valence-electron chi connectivity index (χ2n) is 4.76. The lowest BCUT2D eigenvalue weighted by atomic mass is 9.88. The zero-order valence-electron chi connectivity index (χ0n) is 9.28. The van der Waals surface area contributed by atoms with Crippen LogP contribution in [0.5, 0.6) is 0 Å². The molecule has 0 aromatic heterocycles. The van der Waals surface area contributed by atoms with Gasteiger partial charge in [0.25, 0.3) is 0 Å². The summed E-state index contributed by atoms with van der Waals surface area (Å²) in [5.41, 5.74) is 0. The van der Waals surface area contributed by atoms with E-state index < -0.39 is 10.0 Å². The minimum absolute atomic E-state index is 0.354. The van der Waals surface area contributed by atoms with Crippen molar-refractivity contribution in [3.05, 3.63) is 0 Å². The number of nitrogens with one attached hydrogen (secondary N) is 1. The average Bonchev–Trinajstić information content (AvgIpc) is 2.50. The summed E-state index contributed by atoms with van der Waals surface area (Å²) < 4.78 is 25.0. The standard InChI is InChI=1S/C10H20N2O2S/c1-9-7-11-4-3-10(9)8-12-5-2-6-15(12,13)14/h9-11H,2-8H2,1H3. The van der Waals surface area contributed by atoms with Crippen molar-refractivity contribution in [1.82, 2.24) is 9.62 Å². The molecular formula is C10H20N2O2S. The molecule has 0 radical (unpaired) electrons. The van der Waals surface area contributed by atoms with Crippen LogP contribution in [0.3, 0.4) is 0 Å². The van der Waals surface area contributed by atoms with Crippen molar-refractivity contribution in [2.24, 2.45) is 11.8 Å². The van der Waals surface area contributed by atoms with Crippen LogP contribution in [-0.2, 0) is 10.0 Å². The summed E-state index contributed by atoms with van der Waals surface area (Å²) >= 11 is 0. The minimum Gasteiger partial charge on any atom is -0.316 e. The van der Waals surface area contributed by atoms with Gasteiger partial charge in [-0.15, -0.1) is 0 Å². The van der Waals surface area contributed by atoms with Gasteiger partial charge in [0.05, 0.1) is 5.75 Å². The topological polar surface area (TPSA) is 49.4 Å². The quantitative estimate of drug-likeness (QED) is 0.743. The highest BCUT2D eigenvalue weighted by Gasteiger charge is 2.32. The molecule has 0 saturated carbocycles. The largest absolute Gasteiger partial charge is 0.316 e. The first-order valence-corrected chi connectivity index (χ1v) is 7.39. The van der Waals surface area contributed by atoms with Gasteiger partial charge in [-0.3, -0.25) is 0 Å². The van der Waals surface area contributed by atoms with E-state index in [0.717, 1.165) is 39.0 Å². The molecule has 0 aromatic carbocycles. The number of piperidine rings is 1. The minimum atomic E-state index is -2.90. The smallest absolute Gasteiger partial charge is 0.214 e. The van der Waals surface area contributed by atoms with Gasteiger partial charge < -0.3 is 5.32 Å². The Labute approximate surface area is 92.1 Å². The molecule has 2 aliphatic rings. The van der Waals surface area contributed by atoms with Crippen LogP contribution in [0, 0.1) is 11.8 Å². The fraction of sp³-hybridized carbons (Fsp3) is 1.00. The molecule has 2 unspecified atom stereocenters. The first-order valence-electron chi connectivity index (χ1n) is 5.78. The van der Waals surface area contributed by atoms with E-state index in [9.17, 15) is 8.42 Å². The van der Waals surface area contributed by atoms with Gasteiger partial charge in [-0.25, -0.2) is 12.7 Å². The lowest BCUT2D eigenvalue weighted by Crippen LogP contribution is -2.41. The van der Waals surface area contributed by atoms with Crippen molar-refractivity contribution < 1.29 is 8.42 Å². The third-order valence-electron chi connectivity index (χ3n) is 3.60.